The topological polar surface area (TPSA) is 38.5 Å². The van der Waals surface area contributed by atoms with Crippen molar-refractivity contribution in [1.82, 2.24) is 4.90 Å². The number of benzene rings is 1. The molecule has 2 N–H and O–H groups in total. The molecule has 0 amide bonds. The highest BCUT2D eigenvalue weighted by Gasteiger charge is 2.23. The van der Waals surface area contributed by atoms with Crippen LogP contribution in [0, 0.1) is 0 Å². The van der Waals surface area contributed by atoms with Crippen LogP contribution < -0.4 is 10.5 Å². The van der Waals surface area contributed by atoms with Crippen molar-refractivity contribution in [1.29, 1.82) is 0 Å². The first-order valence-electron chi connectivity index (χ1n) is 5.16. The van der Waals surface area contributed by atoms with Crippen LogP contribution in [0.15, 0.2) is 24.3 Å². The fraction of sp³-hybridized carbons (Fsp3) is 0.455. The van der Waals surface area contributed by atoms with Crippen LogP contribution >= 0.6 is 0 Å². The number of hydrogen-bond acceptors (Lipinski definition) is 3. The molecule has 0 atom stereocenters. The average Bonchev–Trinajstić information content (AvgIpc) is 2.17. The predicted molar refractivity (Wildman–Crippen MR) is 56.3 cm³/mol. The van der Waals surface area contributed by atoms with E-state index in [1.54, 1.807) is 18.2 Å². The molecule has 1 saturated heterocycles. The molecule has 1 fully saturated rings. The highest BCUT2D eigenvalue weighted by molar-refractivity contribution is 5.33. The molecule has 3 nitrogen and oxygen atoms in total. The molecular weight excluding hydrogens is 214 g/mol. The second kappa shape index (κ2) is 4.76. The first-order valence-corrected chi connectivity index (χ1v) is 5.16. The summed E-state index contributed by atoms with van der Waals surface area (Å²) in [4.78, 5) is 2.10. The summed E-state index contributed by atoms with van der Waals surface area (Å²) in [6.07, 6.45) is 0. The van der Waals surface area contributed by atoms with Gasteiger partial charge in [-0.1, -0.05) is 18.2 Å². The summed E-state index contributed by atoms with van der Waals surface area (Å²) in [7, 11) is 0. The van der Waals surface area contributed by atoms with E-state index in [0.717, 1.165) is 18.7 Å². The zero-order valence-corrected chi connectivity index (χ0v) is 8.77. The molecule has 0 bridgehead atoms. The number of ether oxygens (including phenoxy) is 1. The third-order valence-electron chi connectivity index (χ3n) is 2.57. The lowest BCUT2D eigenvalue weighted by molar-refractivity contribution is -0.0510. The van der Waals surface area contributed by atoms with Gasteiger partial charge < -0.3 is 10.5 Å². The summed E-state index contributed by atoms with van der Waals surface area (Å²) in [5, 5.41) is 0. The van der Waals surface area contributed by atoms with E-state index in [2.05, 4.69) is 9.64 Å². The van der Waals surface area contributed by atoms with Crippen molar-refractivity contribution in [2.45, 2.75) is 19.2 Å². The van der Waals surface area contributed by atoms with Crippen LogP contribution in [0.2, 0.25) is 0 Å². The molecule has 0 unspecified atom stereocenters. The Labute approximate surface area is 92.8 Å². The van der Waals surface area contributed by atoms with Gasteiger partial charge in [0, 0.05) is 31.2 Å². The molecule has 16 heavy (non-hydrogen) atoms. The van der Waals surface area contributed by atoms with Crippen LogP contribution in [-0.4, -0.2) is 30.6 Å². The third kappa shape index (κ3) is 2.68. The second-order valence-corrected chi connectivity index (χ2v) is 3.94. The Hall–Kier alpha value is -1.20. The van der Waals surface area contributed by atoms with Crippen LogP contribution in [0.25, 0.3) is 0 Å². The van der Waals surface area contributed by atoms with E-state index in [9.17, 15) is 8.78 Å². The van der Waals surface area contributed by atoms with E-state index in [0.29, 0.717) is 6.54 Å². The van der Waals surface area contributed by atoms with Crippen molar-refractivity contribution in [3.63, 3.8) is 0 Å². The molecule has 1 aliphatic rings. The van der Waals surface area contributed by atoms with Gasteiger partial charge in [0.05, 0.1) is 0 Å². The lowest BCUT2D eigenvalue weighted by Gasteiger charge is -2.37. The summed E-state index contributed by atoms with van der Waals surface area (Å²) in [6, 6.07) is 7.06. The molecule has 1 aromatic carbocycles. The van der Waals surface area contributed by atoms with Crippen LogP contribution in [0.1, 0.15) is 5.56 Å². The fourth-order valence-corrected chi connectivity index (χ4v) is 1.83. The van der Waals surface area contributed by atoms with Gasteiger partial charge in [-0.25, -0.2) is 0 Å². The molecule has 1 aliphatic heterocycles. The lowest BCUT2D eigenvalue weighted by Crippen LogP contribution is -2.54. The summed E-state index contributed by atoms with van der Waals surface area (Å²) in [5.41, 5.74) is 6.42. The second-order valence-electron chi connectivity index (χ2n) is 3.94. The monoisotopic (exact) mass is 228 g/mol. The van der Waals surface area contributed by atoms with Crippen molar-refractivity contribution in [3.8, 4) is 5.75 Å². The largest absolute Gasteiger partial charge is 0.434 e. The summed E-state index contributed by atoms with van der Waals surface area (Å²) in [6.45, 7) is -0.553. The van der Waals surface area contributed by atoms with Crippen LogP contribution in [0.4, 0.5) is 8.78 Å². The van der Waals surface area contributed by atoms with Crippen molar-refractivity contribution in [2.24, 2.45) is 5.73 Å². The number of halogens is 2. The first kappa shape index (κ1) is 11.3. The van der Waals surface area contributed by atoms with E-state index in [1.807, 2.05) is 6.07 Å². The van der Waals surface area contributed by atoms with Gasteiger partial charge in [-0.3, -0.25) is 4.90 Å². The minimum absolute atomic E-state index is 0.211. The standard InChI is InChI=1S/C11H14F2N2O/c12-11(13)16-10-4-2-1-3-8(10)5-15-6-9(14)7-15/h1-4,9,11H,5-7,14H2. The molecule has 88 valence electrons. The molecule has 1 aromatic rings. The van der Waals surface area contributed by atoms with Crippen molar-refractivity contribution in [3.05, 3.63) is 29.8 Å². The molecule has 0 aromatic heterocycles. The van der Waals surface area contributed by atoms with Gasteiger partial charge in [0.2, 0.25) is 0 Å². The summed E-state index contributed by atoms with van der Waals surface area (Å²) >= 11 is 0. The normalized spacial score (nSPS) is 17.5. The van der Waals surface area contributed by atoms with Crippen LogP contribution in [0.3, 0.4) is 0 Å². The van der Waals surface area contributed by atoms with E-state index < -0.39 is 6.61 Å². The number of alkyl halides is 2. The lowest BCUT2D eigenvalue weighted by atomic mass is 10.1. The first-order chi connectivity index (χ1) is 7.65. The van der Waals surface area contributed by atoms with E-state index in [1.165, 1.54) is 0 Å². The highest BCUT2D eigenvalue weighted by Crippen LogP contribution is 2.23. The molecule has 0 radical (unpaired) electrons. The highest BCUT2D eigenvalue weighted by atomic mass is 19.3. The van der Waals surface area contributed by atoms with Crippen molar-refractivity contribution in [2.75, 3.05) is 13.1 Å². The number of rotatable bonds is 4. The Morgan fingerprint density at radius 1 is 1.38 bits per heavy atom. The van der Waals surface area contributed by atoms with Crippen molar-refractivity contribution >= 4 is 0 Å². The molecule has 0 spiro atoms. The quantitative estimate of drug-likeness (QED) is 0.847. The van der Waals surface area contributed by atoms with Gasteiger partial charge >= 0.3 is 6.61 Å². The van der Waals surface area contributed by atoms with Gasteiger partial charge in [-0.15, -0.1) is 0 Å². The minimum Gasteiger partial charge on any atom is -0.434 e. The predicted octanol–water partition coefficient (Wildman–Crippen LogP) is 1.43. The number of nitrogens with two attached hydrogens (primary N) is 1. The zero-order valence-electron chi connectivity index (χ0n) is 8.77. The van der Waals surface area contributed by atoms with Crippen molar-refractivity contribution < 1.29 is 13.5 Å². The Kier molecular flexibility index (Phi) is 3.36. The molecule has 0 aliphatic carbocycles. The Morgan fingerprint density at radius 3 is 2.69 bits per heavy atom. The van der Waals surface area contributed by atoms with E-state index in [4.69, 9.17) is 5.73 Å². The summed E-state index contributed by atoms with van der Waals surface area (Å²) < 4.78 is 28.7. The maximum Gasteiger partial charge on any atom is 0.387 e. The van der Waals surface area contributed by atoms with Gasteiger partial charge in [0.15, 0.2) is 0 Å². The fourth-order valence-electron chi connectivity index (χ4n) is 1.83. The number of likely N-dealkylation sites (tertiary alicyclic amines) is 1. The minimum atomic E-state index is -2.78. The molecule has 0 saturated carbocycles. The Morgan fingerprint density at radius 2 is 2.06 bits per heavy atom. The van der Waals surface area contributed by atoms with Crippen LogP contribution in [-0.2, 0) is 6.54 Å². The maximum absolute atomic E-state index is 12.1. The van der Waals surface area contributed by atoms with Gasteiger partial charge in [0.1, 0.15) is 5.75 Å². The van der Waals surface area contributed by atoms with Gasteiger partial charge in [-0.05, 0) is 6.07 Å². The molecule has 2 rings (SSSR count). The number of para-hydroxylation sites is 1. The smallest absolute Gasteiger partial charge is 0.387 e. The third-order valence-corrected chi connectivity index (χ3v) is 2.57. The molecule has 5 heteroatoms. The SMILES string of the molecule is NC1CN(Cc2ccccc2OC(F)F)C1. The molecule has 1 heterocycles. The Balaban J connectivity index is 2.01. The zero-order chi connectivity index (χ0) is 11.5. The molecular formula is C11H14F2N2O. The van der Waals surface area contributed by atoms with E-state index in [-0.39, 0.29) is 11.8 Å². The summed E-state index contributed by atoms with van der Waals surface area (Å²) in [5.74, 6) is 0.248. The van der Waals surface area contributed by atoms with Gasteiger partial charge in [0.25, 0.3) is 0 Å². The average molecular weight is 228 g/mol. The maximum atomic E-state index is 12.1. The van der Waals surface area contributed by atoms with E-state index >= 15 is 0 Å². The number of hydrogen-bond donors (Lipinski definition) is 1. The number of nitrogens with zero attached hydrogens (tertiary/aromatic N) is 1. The Bertz CT molecular complexity index is 354. The van der Waals surface area contributed by atoms with Crippen LogP contribution in [0.5, 0.6) is 5.75 Å². The van der Waals surface area contributed by atoms with Gasteiger partial charge in [-0.2, -0.15) is 8.78 Å².